The van der Waals surface area contributed by atoms with E-state index in [0.29, 0.717) is 0 Å². The zero-order valence-electron chi connectivity index (χ0n) is 36.3. The van der Waals surface area contributed by atoms with Crippen LogP contribution in [0.5, 0.6) is 0 Å². The smallest absolute Gasteiger partial charge is 0.180 e. The summed E-state index contributed by atoms with van der Waals surface area (Å²) < 4.78 is 32.1. The van der Waals surface area contributed by atoms with Crippen molar-refractivity contribution >= 4 is 68.8 Å². The molecule has 30 heteroatoms. The van der Waals surface area contributed by atoms with Crippen LogP contribution in [0.25, 0.3) is 0 Å². The molecular weight excluding hydrogens is 1020 g/mol. The number of nitrogens with one attached hydrogen (secondary N) is 4. The molecule has 364 valence electrons. The molecule has 0 aliphatic heterocycles. The lowest BCUT2D eigenvalue weighted by molar-refractivity contribution is 0.307. The van der Waals surface area contributed by atoms with Crippen LogP contribution in [-0.2, 0) is 0 Å². The molecular formula is C40H44N20O4S6. The van der Waals surface area contributed by atoms with Crippen LogP contribution < -0.4 is 0 Å². The molecule has 0 bridgehead atoms. The third-order valence-electron chi connectivity index (χ3n) is 5.01. The molecule has 0 aliphatic rings. The summed E-state index contributed by atoms with van der Waals surface area (Å²) in [6.45, 7) is 0. The van der Waals surface area contributed by atoms with Gasteiger partial charge in [-0.2, -0.15) is 40.6 Å². The van der Waals surface area contributed by atoms with Gasteiger partial charge in [-0.25, -0.2) is 19.0 Å². The predicted octanol–water partition coefficient (Wildman–Crippen LogP) is 9.99. The number of thiophene rings is 1. The summed E-state index contributed by atoms with van der Waals surface area (Å²) in [6, 6.07) is 17.1. The van der Waals surface area contributed by atoms with Gasteiger partial charge in [-0.1, -0.05) is 32.1 Å². The number of hydrogen-bond donors (Lipinski definition) is 4. The molecule has 14 heterocycles. The minimum Gasteiger partial charge on any atom is -0.473 e. The molecule has 0 saturated heterocycles. The number of nitrogens with zero attached hydrogens (tertiary/aromatic N) is 16. The third kappa shape index (κ3) is 53.7. The van der Waals surface area contributed by atoms with Crippen LogP contribution in [0, 0.1) is 0 Å². The van der Waals surface area contributed by atoms with E-state index in [9.17, 15) is 0 Å². The van der Waals surface area contributed by atoms with E-state index in [1.807, 2.05) is 87.8 Å². The molecule has 0 atom stereocenters. The highest BCUT2D eigenvalue weighted by Gasteiger charge is 1.66. The van der Waals surface area contributed by atoms with Gasteiger partial charge < -0.3 is 23.3 Å². The van der Waals surface area contributed by atoms with Crippen LogP contribution >= 0.6 is 68.8 Å². The summed E-state index contributed by atoms with van der Waals surface area (Å²) in [7, 11) is 0. The average Bonchev–Trinajstić information content (AvgIpc) is 4.33. The standard InChI is InChI=1S/C4H5N.C4H4O.C4H4S.2C3H4N2.2C3H3NO.2C3H3NS.C2H3N3.C2H2N2O.3C2H2N2S/c3*1-2-4-5-3-1;1-2-5-3-4-1;1-2-4-5-3-1;1-2-5-3-4-1;1-2-4-5-3-1;1-2-5-3-4-1;3*1-2-4-5-3-1;1-3-4-2-5-1;1-2-5-4-3-1;1-2-4-5-3-1/h1-5H;2*1-4H;2*1-3H,(H,4,5);4*1-3H;1-2H,(H,3,4,5);4*1-2H. The van der Waals surface area contributed by atoms with Crippen LogP contribution in [0.3, 0.4) is 0 Å². The van der Waals surface area contributed by atoms with Crippen LogP contribution in [0.2, 0.25) is 0 Å². The Morgan fingerprint density at radius 2 is 1.20 bits per heavy atom. The highest BCUT2D eigenvalue weighted by molar-refractivity contribution is 7.08. The van der Waals surface area contributed by atoms with Gasteiger partial charge in [0.25, 0.3) is 0 Å². The lowest BCUT2D eigenvalue weighted by Gasteiger charge is -1.50. The number of thiazole rings is 1. The molecule has 0 unspecified atom stereocenters. The van der Waals surface area contributed by atoms with Crippen molar-refractivity contribution in [1.29, 1.82) is 0 Å². The molecule has 24 nitrogen and oxygen atoms in total. The van der Waals surface area contributed by atoms with E-state index in [1.54, 1.807) is 145 Å². The first-order valence-electron chi connectivity index (χ1n) is 18.8. The van der Waals surface area contributed by atoms with Crippen LogP contribution in [0.4, 0.5) is 0 Å². The van der Waals surface area contributed by atoms with Gasteiger partial charge in [-0.3, -0.25) is 10.1 Å². The first kappa shape index (κ1) is 59.3. The Labute approximate surface area is 424 Å². The molecule has 70 heavy (non-hydrogen) atoms. The van der Waals surface area contributed by atoms with E-state index in [0.717, 1.165) is 0 Å². The summed E-state index contributed by atoms with van der Waals surface area (Å²) in [5, 5.41) is 45.6. The topological polar surface area (TPSA) is 322 Å². The Morgan fingerprint density at radius 3 is 1.40 bits per heavy atom. The van der Waals surface area contributed by atoms with Gasteiger partial charge in [-0.05, 0) is 76.3 Å². The number of rotatable bonds is 0. The van der Waals surface area contributed by atoms with Gasteiger partial charge in [0.05, 0.1) is 91.9 Å². The second kappa shape index (κ2) is 56.4. The molecule has 0 aliphatic carbocycles. The quantitative estimate of drug-likeness (QED) is 0.110. The number of furan rings is 1. The van der Waals surface area contributed by atoms with Crippen molar-refractivity contribution in [2.24, 2.45) is 0 Å². The van der Waals surface area contributed by atoms with Crippen molar-refractivity contribution in [3.8, 4) is 0 Å². The molecule has 14 aromatic heterocycles. The second-order valence-electron chi connectivity index (χ2n) is 9.73. The van der Waals surface area contributed by atoms with Gasteiger partial charge in [0.2, 0.25) is 0 Å². The van der Waals surface area contributed by atoms with Crippen molar-refractivity contribution in [2.45, 2.75) is 0 Å². The summed E-state index contributed by atoms with van der Waals surface area (Å²) >= 11 is 8.83. The maximum atomic E-state index is 4.58. The zero-order valence-corrected chi connectivity index (χ0v) is 41.2. The first-order chi connectivity index (χ1) is 35.0. The number of H-pyrrole nitrogens is 4. The third-order valence-corrected chi connectivity index (χ3v) is 7.98. The van der Waals surface area contributed by atoms with Crippen LogP contribution in [0.15, 0.2) is 259 Å². The summed E-state index contributed by atoms with van der Waals surface area (Å²) in [4.78, 5) is 16.6. The second-order valence-corrected chi connectivity index (χ2v) is 13.9. The van der Waals surface area contributed by atoms with Gasteiger partial charge >= 0.3 is 0 Å². The number of aromatic nitrogens is 20. The van der Waals surface area contributed by atoms with Crippen LogP contribution in [-0.4, -0.2) is 98.9 Å². The van der Waals surface area contributed by atoms with E-state index in [2.05, 4.69) is 117 Å². The number of aromatic amines is 4. The van der Waals surface area contributed by atoms with E-state index in [4.69, 9.17) is 0 Å². The Hall–Kier alpha value is -8.68. The number of imidazole rings is 1. The normalized spacial score (nSPS) is 8.00. The fourth-order valence-corrected chi connectivity index (χ4v) is 4.55. The Balaban J connectivity index is 0.000000377. The van der Waals surface area contributed by atoms with E-state index in [-0.39, 0.29) is 0 Å². The Kier molecular flexibility index (Phi) is 47.8. The molecule has 0 radical (unpaired) electrons. The number of hydrogen-bond acceptors (Lipinski definition) is 26. The SMILES string of the molecule is c1c[nH]cn1.c1cc[nH]c1.c1ccoc1.c1ccsc1.c1cn[nH]c1.c1cn[nH]n1.c1cnoc1.c1cnon1.c1cnsc1.c1cnsn1.c1cocn1.c1cscn1.c1csnn1.c1nncs1. The molecule has 0 fully saturated rings. The average molecular weight is 1060 g/mol. The lowest BCUT2D eigenvalue weighted by atomic mass is 10.7. The van der Waals surface area contributed by atoms with Gasteiger partial charge in [-0.15, -0.1) is 38.0 Å². The largest absolute Gasteiger partial charge is 0.473 e. The maximum Gasteiger partial charge on any atom is 0.180 e. The minimum absolute atomic E-state index is 1.21. The van der Waals surface area contributed by atoms with E-state index in [1.165, 1.54) is 77.4 Å². The molecule has 0 spiro atoms. The zero-order chi connectivity index (χ0) is 49.5. The summed E-state index contributed by atoms with van der Waals surface area (Å²) in [5.41, 5.74) is 5.15. The summed E-state index contributed by atoms with van der Waals surface area (Å²) in [6.07, 6.45) is 37.7. The molecule has 0 amide bonds. The van der Waals surface area contributed by atoms with Gasteiger partial charge in [0.15, 0.2) is 6.39 Å². The van der Waals surface area contributed by atoms with Crippen molar-refractivity contribution in [1.82, 2.24) is 98.9 Å². The monoisotopic (exact) mass is 1060 g/mol. The van der Waals surface area contributed by atoms with Crippen molar-refractivity contribution in [3.63, 3.8) is 0 Å². The summed E-state index contributed by atoms with van der Waals surface area (Å²) in [5.74, 6) is 0. The lowest BCUT2D eigenvalue weighted by Crippen LogP contribution is -1.61. The highest BCUT2D eigenvalue weighted by Crippen LogP contribution is 1.91. The minimum atomic E-state index is 1.21. The van der Waals surface area contributed by atoms with Gasteiger partial charge in [0.1, 0.15) is 23.5 Å². The van der Waals surface area contributed by atoms with Crippen molar-refractivity contribution < 1.29 is 18.0 Å². The molecule has 14 aromatic rings. The molecule has 0 saturated carbocycles. The molecule has 14 rings (SSSR count). The Morgan fingerprint density at radius 1 is 0.400 bits per heavy atom. The maximum absolute atomic E-state index is 4.58. The van der Waals surface area contributed by atoms with Crippen LogP contribution in [0.1, 0.15) is 0 Å². The number of oxazole rings is 1. The molecule has 4 N–H and O–H groups in total. The Bertz CT molecular complexity index is 1600. The predicted molar refractivity (Wildman–Crippen MR) is 269 cm³/mol. The molecule has 0 aromatic carbocycles. The van der Waals surface area contributed by atoms with Gasteiger partial charge in [0, 0.05) is 65.7 Å². The van der Waals surface area contributed by atoms with Crippen molar-refractivity contribution in [2.75, 3.05) is 0 Å². The fourth-order valence-electron chi connectivity index (χ4n) is 2.58. The van der Waals surface area contributed by atoms with E-state index >= 15 is 0 Å². The van der Waals surface area contributed by atoms with E-state index < -0.39 is 0 Å². The fraction of sp³-hybridized carbons (Fsp3) is 0. The first-order valence-corrected chi connectivity index (χ1v) is 24.1. The highest BCUT2D eigenvalue weighted by atomic mass is 32.1. The van der Waals surface area contributed by atoms with Crippen molar-refractivity contribution in [3.05, 3.63) is 241 Å².